The fourth-order valence-corrected chi connectivity index (χ4v) is 3.51. The first-order valence-electron chi connectivity index (χ1n) is 9.21. The van der Waals surface area contributed by atoms with Crippen LogP contribution >= 0.6 is 0 Å². The Kier molecular flexibility index (Phi) is 5.00. The van der Waals surface area contributed by atoms with E-state index in [1.165, 1.54) is 0 Å². The second-order valence-electron chi connectivity index (χ2n) is 6.83. The van der Waals surface area contributed by atoms with E-state index in [0.717, 1.165) is 35.9 Å². The first-order chi connectivity index (χ1) is 13.2. The molecule has 2 aliphatic rings. The molecule has 0 spiro atoms. The molecule has 1 aromatic heterocycles. The van der Waals surface area contributed by atoms with E-state index < -0.39 is 0 Å². The molecule has 2 N–H and O–H groups in total. The van der Waals surface area contributed by atoms with E-state index in [-0.39, 0.29) is 11.8 Å². The van der Waals surface area contributed by atoms with E-state index in [4.69, 9.17) is 19.4 Å². The van der Waals surface area contributed by atoms with Crippen LogP contribution in [0, 0.1) is 0 Å². The van der Waals surface area contributed by atoms with E-state index in [9.17, 15) is 5.11 Å². The van der Waals surface area contributed by atoms with Gasteiger partial charge in [-0.25, -0.2) is 4.98 Å². The molecule has 8 heteroatoms. The number of methoxy groups -OCH3 is 1. The zero-order valence-corrected chi connectivity index (χ0v) is 15.7. The lowest BCUT2D eigenvalue weighted by Crippen LogP contribution is -2.38. The number of morpholine rings is 1. The molecule has 27 heavy (non-hydrogen) atoms. The fourth-order valence-electron chi connectivity index (χ4n) is 3.51. The third-order valence-corrected chi connectivity index (χ3v) is 4.93. The highest BCUT2D eigenvalue weighted by Gasteiger charge is 2.30. The van der Waals surface area contributed by atoms with Gasteiger partial charge in [-0.3, -0.25) is 0 Å². The Hall–Kier alpha value is -2.58. The molecule has 1 aromatic carbocycles. The summed E-state index contributed by atoms with van der Waals surface area (Å²) < 4.78 is 10.8. The number of phenolic OH excluding ortho intramolecular Hbond substituents is 1. The average molecular weight is 371 g/mol. The third kappa shape index (κ3) is 3.50. The van der Waals surface area contributed by atoms with Gasteiger partial charge in [0.05, 0.1) is 32.5 Å². The minimum Gasteiger partial charge on any atom is -0.508 e. The third-order valence-electron chi connectivity index (χ3n) is 4.93. The van der Waals surface area contributed by atoms with Crippen LogP contribution in [0.4, 0.5) is 17.5 Å². The van der Waals surface area contributed by atoms with Crippen molar-refractivity contribution in [1.29, 1.82) is 0 Å². The van der Waals surface area contributed by atoms with Crippen molar-refractivity contribution >= 4 is 17.5 Å². The number of nitrogens with one attached hydrogen (secondary N) is 1. The summed E-state index contributed by atoms with van der Waals surface area (Å²) in [6.07, 6.45) is 0. The molecule has 144 valence electrons. The molecule has 1 atom stereocenters. The largest absolute Gasteiger partial charge is 0.508 e. The maximum atomic E-state index is 9.93. The van der Waals surface area contributed by atoms with Crippen molar-refractivity contribution in [2.75, 3.05) is 61.8 Å². The summed E-state index contributed by atoms with van der Waals surface area (Å²) >= 11 is 0. The predicted molar refractivity (Wildman–Crippen MR) is 104 cm³/mol. The summed E-state index contributed by atoms with van der Waals surface area (Å²) in [6.45, 7) is 6.24. The van der Waals surface area contributed by atoms with Crippen molar-refractivity contribution in [3.05, 3.63) is 24.3 Å². The van der Waals surface area contributed by atoms with E-state index in [1.54, 1.807) is 19.2 Å². The number of phenols is 1. The van der Waals surface area contributed by atoms with E-state index in [1.807, 2.05) is 12.1 Å². The molecule has 2 aliphatic heterocycles. The Morgan fingerprint density at radius 1 is 1.30 bits per heavy atom. The molecule has 0 aliphatic carbocycles. The van der Waals surface area contributed by atoms with Gasteiger partial charge in [0, 0.05) is 25.8 Å². The number of hydrogen-bond donors (Lipinski definition) is 2. The van der Waals surface area contributed by atoms with Crippen molar-refractivity contribution in [2.45, 2.75) is 13.0 Å². The number of aromatic hydroxyl groups is 1. The van der Waals surface area contributed by atoms with Crippen LogP contribution in [-0.2, 0) is 9.47 Å². The maximum Gasteiger partial charge on any atom is 0.228 e. The number of benzene rings is 1. The summed E-state index contributed by atoms with van der Waals surface area (Å²) in [5.41, 5.74) is 2.54. The van der Waals surface area contributed by atoms with E-state index >= 15 is 0 Å². The summed E-state index contributed by atoms with van der Waals surface area (Å²) in [5, 5.41) is 13.4. The van der Waals surface area contributed by atoms with Gasteiger partial charge in [-0.15, -0.1) is 0 Å². The molecule has 1 unspecified atom stereocenters. The van der Waals surface area contributed by atoms with Gasteiger partial charge >= 0.3 is 0 Å². The van der Waals surface area contributed by atoms with Crippen LogP contribution in [0.5, 0.6) is 5.75 Å². The van der Waals surface area contributed by atoms with Crippen LogP contribution in [0.25, 0.3) is 11.3 Å². The number of hydrogen-bond acceptors (Lipinski definition) is 8. The first kappa shape index (κ1) is 17.8. The number of anilines is 3. The number of ether oxygens (including phenoxy) is 2. The highest BCUT2D eigenvalue weighted by molar-refractivity contribution is 5.87. The number of rotatable bonds is 5. The van der Waals surface area contributed by atoms with Crippen molar-refractivity contribution < 1.29 is 14.6 Å². The first-order valence-corrected chi connectivity index (χ1v) is 9.21. The van der Waals surface area contributed by atoms with Crippen LogP contribution < -0.4 is 15.1 Å². The fraction of sp³-hybridized carbons (Fsp3) is 0.474. The van der Waals surface area contributed by atoms with Crippen molar-refractivity contribution in [1.82, 2.24) is 9.97 Å². The smallest absolute Gasteiger partial charge is 0.228 e. The summed E-state index contributed by atoms with van der Waals surface area (Å²) in [5.74, 6) is 1.78. The Morgan fingerprint density at radius 3 is 2.85 bits per heavy atom. The SMILES string of the molecule is COCC(C)N1CNc2c(-c3cccc(O)c3)nc(N3CCOCC3)nc21. The molecule has 3 heterocycles. The van der Waals surface area contributed by atoms with Gasteiger partial charge < -0.3 is 29.7 Å². The summed E-state index contributed by atoms with van der Waals surface area (Å²) in [4.78, 5) is 14.1. The standard InChI is InChI=1S/C19H25N5O3/c1-13(11-26-2)24-12-20-17-16(14-4-3-5-15(25)10-14)21-19(22-18(17)24)23-6-8-27-9-7-23/h3-5,10,13,20,25H,6-9,11-12H2,1-2H3. The quantitative estimate of drug-likeness (QED) is 0.825. The molecule has 2 aromatic rings. The molecule has 1 fully saturated rings. The molecular weight excluding hydrogens is 346 g/mol. The van der Waals surface area contributed by atoms with Crippen LogP contribution in [0.3, 0.4) is 0 Å². The highest BCUT2D eigenvalue weighted by atomic mass is 16.5. The Morgan fingerprint density at radius 2 is 2.11 bits per heavy atom. The van der Waals surface area contributed by atoms with Crippen molar-refractivity contribution in [3.63, 3.8) is 0 Å². The van der Waals surface area contributed by atoms with Crippen LogP contribution in [0.1, 0.15) is 6.92 Å². The normalized spacial score (nSPS) is 17.6. The van der Waals surface area contributed by atoms with Gasteiger partial charge in [0.1, 0.15) is 17.1 Å². The van der Waals surface area contributed by atoms with Gasteiger partial charge in [-0.05, 0) is 19.1 Å². The van der Waals surface area contributed by atoms with Gasteiger partial charge in [0.25, 0.3) is 0 Å². The summed E-state index contributed by atoms with van der Waals surface area (Å²) in [6, 6.07) is 7.35. The van der Waals surface area contributed by atoms with Crippen LogP contribution in [-0.4, -0.2) is 67.8 Å². The van der Waals surface area contributed by atoms with Crippen molar-refractivity contribution in [2.24, 2.45) is 0 Å². The lowest BCUT2D eigenvalue weighted by molar-refractivity contribution is 0.122. The zero-order chi connectivity index (χ0) is 18.8. The second-order valence-corrected chi connectivity index (χ2v) is 6.83. The maximum absolute atomic E-state index is 9.93. The predicted octanol–water partition coefficient (Wildman–Crippen LogP) is 1.91. The Balaban J connectivity index is 1.80. The highest BCUT2D eigenvalue weighted by Crippen LogP contribution is 2.40. The molecule has 4 rings (SSSR count). The molecule has 0 amide bonds. The Labute approximate surface area is 158 Å². The molecule has 0 radical (unpaired) electrons. The van der Waals surface area contributed by atoms with Gasteiger partial charge in [-0.2, -0.15) is 4.98 Å². The minimum atomic E-state index is 0.174. The molecule has 1 saturated heterocycles. The van der Waals surface area contributed by atoms with Gasteiger partial charge in [-0.1, -0.05) is 12.1 Å². The van der Waals surface area contributed by atoms with Crippen LogP contribution in [0.2, 0.25) is 0 Å². The van der Waals surface area contributed by atoms with Crippen molar-refractivity contribution in [3.8, 4) is 17.0 Å². The molecule has 8 nitrogen and oxygen atoms in total. The van der Waals surface area contributed by atoms with Gasteiger partial charge in [0.2, 0.25) is 5.95 Å². The topological polar surface area (TPSA) is 83.0 Å². The van der Waals surface area contributed by atoms with E-state index in [0.29, 0.717) is 32.4 Å². The summed E-state index contributed by atoms with van der Waals surface area (Å²) in [7, 11) is 1.71. The molecule has 0 bridgehead atoms. The van der Waals surface area contributed by atoms with Gasteiger partial charge in [0.15, 0.2) is 5.82 Å². The lowest BCUT2D eigenvalue weighted by atomic mass is 10.1. The monoisotopic (exact) mass is 371 g/mol. The zero-order valence-electron chi connectivity index (χ0n) is 15.7. The second kappa shape index (κ2) is 7.58. The lowest BCUT2D eigenvalue weighted by Gasteiger charge is -2.29. The molecule has 0 saturated carbocycles. The average Bonchev–Trinajstić information content (AvgIpc) is 3.12. The number of fused-ring (bicyclic) bond motifs is 1. The Bertz CT molecular complexity index is 810. The van der Waals surface area contributed by atoms with E-state index in [2.05, 4.69) is 22.0 Å². The molecular formula is C19H25N5O3. The number of aromatic nitrogens is 2. The minimum absolute atomic E-state index is 0.174. The van der Waals surface area contributed by atoms with Crippen LogP contribution in [0.15, 0.2) is 24.3 Å². The number of nitrogens with zero attached hydrogens (tertiary/aromatic N) is 4.